The minimum Gasteiger partial charge on any atom is -0.346 e. The number of nitrogens with zero attached hydrogens (tertiary/aromatic N) is 3. The molecular weight excluding hydrogens is 182 g/mol. The Morgan fingerprint density at radius 3 is 3.21 bits per heavy atom. The summed E-state index contributed by atoms with van der Waals surface area (Å²) in [7, 11) is 0. The van der Waals surface area contributed by atoms with Gasteiger partial charge in [0.2, 0.25) is 0 Å². The standard InChI is InChI=1S/C8H13N5O/c1-2-3-5-4-6(5)9-8(14)7-10-12-13-11-7/h5-6H,2-4H2,1H3,(H,9,14)(H,10,11,12,13). The predicted octanol–water partition coefficient (Wildman–Crippen LogP) is 0.118. The Balaban J connectivity index is 1.80. The number of aromatic amines is 1. The van der Waals surface area contributed by atoms with Gasteiger partial charge in [-0.3, -0.25) is 4.79 Å². The molecule has 2 rings (SSSR count). The highest BCUT2D eigenvalue weighted by Gasteiger charge is 2.37. The molecule has 1 heterocycles. The number of nitrogens with one attached hydrogen (secondary N) is 2. The van der Waals surface area contributed by atoms with Crippen molar-refractivity contribution in [3.8, 4) is 0 Å². The van der Waals surface area contributed by atoms with Crippen molar-refractivity contribution in [3.05, 3.63) is 5.82 Å². The zero-order valence-corrected chi connectivity index (χ0v) is 8.03. The SMILES string of the molecule is CCCC1CC1NC(=O)c1nn[nH]n1. The number of amides is 1. The lowest BCUT2D eigenvalue weighted by Gasteiger charge is -1.99. The second kappa shape index (κ2) is 3.73. The Hall–Kier alpha value is -1.46. The molecule has 1 aliphatic carbocycles. The van der Waals surface area contributed by atoms with Gasteiger partial charge in [-0.2, -0.15) is 5.21 Å². The molecule has 0 aromatic carbocycles. The van der Waals surface area contributed by atoms with Crippen molar-refractivity contribution in [3.63, 3.8) is 0 Å². The third-order valence-electron chi connectivity index (χ3n) is 2.45. The molecule has 1 aromatic rings. The van der Waals surface area contributed by atoms with E-state index >= 15 is 0 Å². The van der Waals surface area contributed by atoms with Gasteiger partial charge in [-0.25, -0.2) is 0 Å². The molecule has 2 N–H and O–H groups in total. The number of H-pyrrole nitrogens is 1. The van der Waals surface area contributed by atoms with Crippen LogP contribution >= 0.6 is 0 Å². The molecule has 6 heteroatoms. The molecular formula is C8H13N5O. The summed E-state index contributed by atoms with van der Waals surface area (Å²) in [6.07, 6.45) is 3.42. The van der Waals surface area contributed by atoms with E-state index in [2.05, 4.69) is 32.9 Å². The van der Waals surface area contributed by atoms with Crippen molar-refractivity contribution in [2.24, 2.45) is 5.92 Å². The Bertz CT molecular complexity index is 310. The van der Waals surface area contributed by atoms with Gasteiger partial charge in [-0.05, 0) is 24.0 Å². The molecule has 14 heavy (non-hydrogen) atoms. The molecule has 1 saturated carbocycles. The maximum atomic E-state index is 11.4. The van der Waals surface area contributed by atoms with Crippen LogP contribution in [0.5, 0.6) is 0 Å². The summed E-state index contributed by atoms with van der Waals surface area (Å²) < 4.78 is 0. The molecule has 1 aliphatic rings. The molecule has 0 spiro atoms. The first-order valence-electron chi connectivity index (χ1n) is 4.85. The fourth-order valence-corrected chi connectivity index (χ4v) is 1.61. The fourth-order valence-electron chi connectivity index (χ4n) is 1.61. The van der Waals surface area contributed by atoms with Crippen LogP contribution in [0.1, 0.15) is 36.8 Å². The first-order valence-corrected chi connectivity index (χ1v) is 4.85. The summed E-state index contributed by atoms with van der Waals surface area (Å²) in [6, 6.07) is 0.320. The van der Waals surface area contributed by atoms with E-state index in [-0.39, 0.29) is 11.7 Å². The van der Waals surface area contributed by atoms with E-state index in [1.807, 2.05) is 0 Å². The van der Waals surface area contributed by atoms with E-state index in [1.165, 1.54) is 12.8 Å². The van der Waals surface area contributed by atoms with Gasteiger partial charge in [-0.1, -0.05) is 13.3 Å². The Labute approximate surface area is 81.5 Å². The second-order valence-corrected chi connectivity index (χ2v) is 3.60. The number of hydrogen-bond donors (Lipinski definition) is 2. The molecule has 0 bridgehead atoms. The first kappa shape index (κ1) is 9.11. The van der Waals surface area contributed by atoms with Crippen molar-refractivity contribution in [2.75, 3.05) is 0 Å². The fraction of sp³-hybridized carbons (Fsp3) is 0.750. The molecule has 6 nitrogen and oxygen atoms in total. The lowest BCUT2D eigenvalue weighted by atomic mass is 10.2. The van der Waals surface area contributed by atoms with Gasteiger partial charge in [0.15, 0.2) is 0 Å². The average molecular weight is 195 g/mol. The third-order valence-corrected chi connectivity index (χ3v) is 2.45. The lowest BCUT2D eigenvalue weighted by molar-refractivity contribution is 0.0938. The van der Waals surface area contributed by atoms with Crippen LogP contribution in [-0.2, 0) is 0 Å². The lowest BCUT2D eigenvalue weighted by Crippen LogP contribution is -2.27. The topological polar surface area (TPSA) is 83.6 Å². The number of hydrogen-bond acceptors (Lipinski definition) is 4. The quantitative estimate of drug-likeness (QED) is 0.714. The summed E-state index contributed by atoms with van der Waals surface area (Å²) in [6.45, 7) is 2.15. The molecule has 1 fully saturated rings. The number of carbonyl (C=O) groups is 1. The van der Waals surface area contributed by atoms with Gasteiger partial charge in [0.1, 0.15) is 0 Å². The molecule has 0 radical (unpaired) electrons. The number of tetrazole rings is 1. The van der Waals surface area contributed by atoms with E-state index < -0.39 is 0 Å². The second-order valence-electron chi connectivity index (χ2n) is 3.60. The van der Waals surface area contributed by atoms with Crippen molar-refractivity contribution in [2.45, 2.75) is 32.2 Å². The maximum absolute atomic E-state index is 11.4. The third kappa shape index (κ3) is 1.89. The highest BCUT2D eigenvalue weighted by Crippen LogP contribution is 2.34. The van der Waals surface area contributed by atoms with Gasteiger partial charge in [0.05, 0.1) is 0 Å². The summed E-state index contributed by atoms with van der Waals surface area (Å²) >= 11 is 0. The van der Waals surface area contributed by atoms with Crippen molar-refractivity contribution in [1.29, 1.82) is 0 Å². The van der Waals surface area contributed by atoms with Gasteiger partial charge >= 0.3 is 0 Å². The van der Waals surface area contributed by atoms with E-state index in [9.17, 15) is 4.79 Å². The van der Waals surface area contributed by atoms with Gasteiger partial charge in [0, 0.05) is 6.04 Å². The monoisotopic (exact) mass is 195 g/mol. The van der Waals surface area contributed by atoms with Crippen LogP contribution in [0.3, 0.4) is 0 Å². The smallest absolute Gasteiger partial charge is 0.293 e. The summed E-state index contributed by atoms with van der Waals surface area (Å²) in [5, 5.41) is 15.7. The van der Waals surface area contributed by atoms with Crippen LogP contribution in [0.4, 0.5) is 0 Å². The Morgan fingerprint density at radius 2 is 2.57 bits per heavy atom. The zero-order chi connectivity index (χ0) is 9.97. The summed E-state index contributed by atoms with van der Waals surface area (Å²) in [5.74, 6) is 0.533. The van der Waals surface area contributed by atoms with Gasteiger partial charge in [0.25, 0.3) is 11.7 Å². The number of aromatic nitrogens is 4. The maximum Gasteiger partial charge on any atom is 0.293 e. The predicted molar refractivity (Wildman–Crippen MR) is 48.4 cm³/mol. The van der Waals surface area contributed by atoms with Crippen molar-refractivity contribution < 1.29 is 4.79 Å². The van der Waals surface area contributed by atoms with Crippen LogP contribution < -0.4 is 5.32 Å². The van der Waals surface area contributed by atoms with Crippen LogP contribution in [0, 0.1) is 5.92 Å². The number of carbonyl (C=O) groups excluding carboxylic acids is 1. The highest BCUT2D eigenvalue weighted by atomic mass is 16.2. The van der Waals surface area contributed by atoms with Crippen LogP contribution in [0.15, 0.2) is 0 Å². The summed E-state index contributed by atoms with van der Waals surface area (Å²) in [4.78, 5) is 11.4. The highest BCUT2D eigenvalue weighted by molar-refractivity contribution is 5.90. The minimum absolute atomic E-state index is 0.118. The van der Waals surface area contributed by atoms with E-state index in [0.29, 0.717) is 12.0 Å². The average Bonchev–Trinajstić information content (AvgIpc) is 2.71. The van der Waals surface area contributed by atoms with Gasteiger partial charge < -0.3 is 5.32 Å². The van der Waals surface area contributed by atoms with Crippen molar-refractivity contribution in [1.82, 2.24) is 25.9 Å². The Morgan fingerprint density at radius 1 is 1.71 bits per heavy atom. The van der Waals surface area contributed by atoms with Crippen LogP contribution in [0.2, 0.25) is 0 Å². The number of rotatable bonds is 4. The summed E-state index contributed by atoms with van der Waals surface area (Å²) in [5.41, 5.74) is 0. The van der Waals surface area contributed by atoms with E-state index in [1.54, 1.807) is 0 Å². The van der Waals surface area contributed by atoms with Gasteiger partial charge in [-0.15, -0.1) is 10.2 Å². The minimum atomic E-state index is -0.234. The molecule has 76 valence electrons. The molecule has 0 aliphatic heterocycles. The molecule has 1 amide bonds. The first-order chi connectivity index (χ1) is 6.81. The van der Waals surface area contributed by atoms with Crippen molar-refractivity contribution >= 4 is 5.91 Å². The van der Waals surface area contributed by atoms with Crippen LogP contribution in [-0.4, -0.2) is 32.6 Å². The Kier molecular flexibility index (Phi) is 2.43. The zero-order valence-electron chi connectivity index (χ0n) is 8.03. The molecule has 1 aromatic heterocycles. The van der Waals surface area contributed by atoms with Crippen LogP contribution in [0.25, 0.3) is 0 Å². The van der Waals surface area contributed by atoms with E-state index in [4.69, 9.17) is 0 Å². The molecule has 2 unspecified atom stereocenters. The molecule has 2 atom stereocenters. The largest absolute Gasteiger partial charge is 0.346 e. The normalized spacial score (nSPS) is 24.6. The molecule has 0 saturated heterocycles. The van der Waals surface area contributed by atoms with E-state index in [0.717, 1.165) is 6.42 Å².